The van der Waals surface area contributed by atoms with Gasteiger partial charge in [-0.1, -0.05) is 25.4 Å². The van der Waals surface area contributed by atoms with Crippen LogP contribution in [0.1, 0.15) is 32.3 Å². The van der Waals surface area contributed by atoms with Gasteiger partial charge in [0, 0.05) is 32.3 Å². The highest BCUT2D eigenvalue weighted by atomic mass is 35.5. The zero-order chi connectivity index (χ0) is 17.9. The SMILES string of the molecule is C[C@H]1C[C@H](C)CN(C(=O)CCNc2ncc(C(F)(F)F)cc2Cl)C1. The van der Waals surface area contributed by atoms with E-state index in [1.807, 2.05) is 4.90 Å². The summed E-state index contributed by atoms with van der Waals surface area (Å²) in [5.41, 5.74) is -0.898. The summed E-state index contributed by atoms with van der Waals surface area (Å²) in [5, 5.41) is 2.71. The number of hydrogen-bond donors (Lipinski definition) is 1. The predicted octanol–water partition coefficient (Wildman–Crippen LogP) is 4.06. The molecule has 8 heteroatoms. The summed E-state index contributed by atoms with van der Waals surface area (Å²) in [6, 6.07) is 0.826. The van der Waals surface area contributed by atoms with Crippen LogP contribution < -0.4 is 5.32 Å². The van der Waals surface area contributed by atoms with Crippen LogP contribution in [-0.4, -0.2) is 35.4 Å². The van der Waals surface area contributed by atoms with E-state index in [1.54, 1.807) is 0 Å². The third-order valence-corrected chi connectivity index (χ3v) is 4.31. The molecule has 0 spiro atoms. The molecule has 0 aromatic carbocycles. The molecule has 2 rings (SSSR count). The lowest BCUT2D eigenvalue weighted by atomic mass is 9.92. The van der Waals surface area contributed by atoms with Crippen LogP contribution in [0.4, 0.5) is 19.0 Å². The van der Waals surface area contributed by atoms with Crippen LogP contribution in [0.25, 0.3) is 0 Å². The van der Waals surface area contributed by atoms with Crippen molar-refractivity contribution in [2.24, 2.45) is 11.8 Å². The van der Waals surface area contributed by atoms with Gasteiger partial charge in [0.2, 0.25) is 5.91 Å². The summed E-state index contributed by atoms with van der Waals surface area (Å²) >= 11 is 5.82. The normalized spacial score (nSPS) is 21.7. The molecule has 1 aromatic rings. The standard InChI is InChI=1S/C16H21ClF3N3O/c1-10-5-11(2)9-23(8-10)14(24)3-4-21-15-13(17)6-12(7-22-15)16(18,19)20/h6-7,10-11H,3-5,8-9H2,1-2H3,(H,21,22)/t10-,11-/m0/s1. The predicted molar refractivity (Wildman–Crippen MR) is 86.9 cm³/mol. The number of piperidine rings is 1. The van der Waals surface area contributed by atoms with E-state index in [0.717, 1.165) is 31.8 Å². The minimum atomic E-state index is -4.48. The number of nitrogens with zero attached hydrogens (tertiary/aromatic N) is 2. The fraction of sp³-hybridized carbons (Fsp3) is 0.625. The van der Waals surface area contributed by atoms with E-state index in [4.69, 9.17) is 11.6 Å². The van der Waals surface area contributed by atoms with Gasteiger partial charge < -0.3 is 10.2 Å². The Bertz CT molecular complexity index is 584. The Kier molecular flexibility index (Phi) is 5.96. The summed E-state index contributed by atoms with van der Waals surface area (Å²) in [7, 11) is 0. The van der Waals surface area contributed by atoms with Gasteiger partial charge in [-0.05, 0) is 24.3 Å². The first-order chi connectivity index (χ1) is 11.2. The topological polar surface area (TPSA) is 45.2 Å². The van der Waals surface area contributed by atoms with Crippen LogP contribution in [0.15, 0.2) is 12.3 Å². The van der Waals surface area contributed by atoms with Crippen molar-refractivity contribution in [3.63, 3.8) is 0 Å². The molecule has 4 nitrogen and oxygen atoms in total. The van der Waals surface area contributed by atoms with E-state index in [1.165, 1.54) is 0 Å². The smallest absolute Gasteiger partial charge is 0.368 e. The molecule has 1 fully saturated rings. The van der Waals surface area contributed by atoms with E-state index in [-0.39, 0.29) is 29.7 Å². The zero-order valence-electron chi connectivity index (χ0n) is 13.7. The number of alkyl halides is 3. The largest absolute Gasteiger partial charge is 0.417 e. The highest BCUT2D eigenvalue weighted by Gasteiger charge is 2.31. The average Bonchev–Trinajstić information content (AvgIpc) is 2.46. The van der Waals surface area contributed by atoms with Gasteiger partial charge in [-0.15, -0.1) is 0 Å². The van der Waals surface area contributed by atoms with Gasteiger partial charge in [0.05, 0.1) is 10.6 Å². The molecule has 134 valence electrons. The number of carbonyl (C=O) groups is 1. The molecule has 0 aliphatic carbocycles. The number of aromatic nitrogens is 1. The molecule has 1 saturated heterocycles. The molecule has 1 aliphatic heterocycles. The second-order valence-corrected chi connectivity index (χ2v) is 6.88. The number of carbonyl (C=O) groups excluding carboxylic acids is 1. The molecule has 1 N–H and O–H groups in total. The first kappa shape index (κ1) is 18.8. The van der Waals surface area contributed by atoms with Crippen molar-refractivity contribution in [2.45, 2.75) is 32.9 Å². The van der Waals surface area contributed by atoms with E-state index in [9.17, 15) is 18.0 Å². The summed E-state index contributed by atoms with van der Waals surface area (Å²) in [6.07, 6.45) is -2.39. The number of likely N-dealkylation sites (tertiary alicyclic amines) is 1. The second-order valence-electron chi connectivity index (χ2n) is 6.47. The first-order valence-corrected chi connectivity index (χ1v) is 8.29. The lowest BCUT2D eigenvalue weighted by Gasteiger charge is -2.35. The first-order valence-electron chi connectivity index (χ1n) is 7.91. The van der Waals surface area contributed by atoms with E-state index in [0.29, 0.717) is 11.8 Å². The van der Waals surface area contributed by atoms with Gasteiger partial charge in [-0.2, -0.15) is 13.2 Å². The number of amides is 1. The van der Waals surface area contributed by atoms with Gasteiger partial charge in [0.1, 0.15) is 5.82 Å². The molecular formula is C16H21ClF3N3O. The van der Waals surface area contributed by atoms with Crippen molar-refractivity contribution in [3.05, 3.63) is 22.8 Å². The summed E-state index contributed by atoms with van der Waals surface area (Å²) in [6.45, 7) is 6.03. The number of rotatable bonds is 4. The Morgan fingerprint density at radius 2 is 2.00 bits per heavy atom. The van der Waals surface area contributed by atoms with Gasteiger partial charge in [-0.25, -0.2) is 4.98 Å². The minimum Gasteiger partial charge on any atom is -0.368 e. The van der Waals surface area contributed by atoms with Gasteiger partial charge in [0.15, 0.2) is 0 Å². The number of nitrogens with one attached hydrogen (secondary N) is 1. The van der Waals surface area contributed by atoms with Gasteiger partial charge >= 0.3 is 6.18 Å². The Morgan fingerprint density at radius 1 is 1.38 bits per heavy atom. The molecule has 0 saturated carbocycles. The third kappa shape index (κ3) is 5.00. The van der Waals surface area contributed by atoms with E-state index in [2.05, 4.69) is 24.1 Å². The minimum absolute atomic E-state index is 0.0314. The van der Waals surface area contributed by atoms with Crippen LogP contribution in [0.5, 0.6) is 0 Å². The van der Waals surface area contributed by atoms with Gasteiger partial charge in [-0.3, -0.25) is 4.79 Å². The van der Waals surface area contributed by atoms with Crippen LogP contribution >= 0.6 is 11.6 Å². The molecule has 0 unspecified atom stereocenters. The van der Waals surface area contributed by atoms with Gasteiger partial charge in [0.25, 0.3) is 0 Å². The fourth-order valence-electron chi connectivity index (χ4n) is 3.04. The fourth-order valence-corrected chi connectivity index (χ4v) is 3.27. The highest BCUT2D eigenvalue weighted by molar-refractivity contribution is 6.32. The Balaban J connectivity index is 1.87. The van der Waals surface area contributed by atoms with Crippen molar-refractivity contribution < 1.29 is 18.0 Å². The Hall–Kier alpha value is -1.50. The maximum Gasteiger partial charge on any atom is 0.417 e. The summed E-state index contributed by atoms with van der Waals surface area (Å²) in [5.74, 6) is 1.15. The van der Waals surface area contributed by atoms with Crippen LogP contribution in [0.2, 0.25) is 5.02 Å². The number of halogens is 4. The molecule has 1 aromatic heterocycles. The monoisotopic (exact) mass is 363 g/mol. The maximum atomic E-state index is 12.6. The quantitative estimate of drug-likeness (QED) is 0.877. The van der Waals surface area contributed by atoms with Crippen molar-refractivity contribution in [3.8, 4) is 0 Å². The van der Waals surface area contributed by atoms with Crippen molar-refractivity contribution >= 4 is 23.3 Å². The molecule has 1 aliphatic rings. The number of pyridine rings is 1. The number of hydrogen-bond acceptors (Lipinski definition) is 3. The lowest BCUT2D eigenvalue weighted by molar-refractivity contribution is -0.137. The van der Waals surface area contributed by atoms with Crippen molar-refractivity contribution in [1.82, 2.24) is 9.88 Å². The molecule has 0 bridgehead atoms. The average molecular weight is 364 g/mol. The second kappa shape index (κ2) is 7.59. The maximum absolute atomic E-state index is 12.6. The van der Waals surface area contributed by atoms with E-state index >= 15 is 0 Å². The Labute approximate surface area is 144 Å². The highest BCUT2D eigenvalue weighted by Crippen LogP contribution is 2.32. The molecule has 1 amide bonds. The molecular weight excluding hydrogens is 343 g/mol. The summed E-state index contributed by atoms with van der Waals surface area (Å²) in [4.78, 5) is 17.8. The number of anilines is 1. The zero-order valence-corrected chi connectivity index (χ0v) is 14.4. The summed E-state index contributed by atoms with van der Waals surface area (Å²) < 4.78 is 37.7. The van der Waals surface area contributed by atoms with Crippen LogP contribution in [0, 0.1) is 11.8 Å². The van der Waals surface area contributed by atoms with Crippen LogP contribution in [-0.2, 0) is 11.0 Å². The Morgan fingerprint density at radius 3 is 2.54 bits per heavy atom. The van der Waals surface area contributed by atoms with Crippen molar-refractivity contribution in [1.29, 1.82) is 0 Å². The molecule has 2 heterocycles. The molecule has 0 radical (unpaired) electrons. The third-order valence-electron chi connectivity index (χ3n) is 4.02. The van der Waals surface area contributed by atoms with Crippen molar-refractivity contribution in [2.75, 3.05) is 25.0 Å². The molecule has 24 heavy (non-hydrogen) atoms. The molecule has 2 atom stereocenters. The van der Waals surface area contributed by atoms with E-state index < -0.39 is 11.7 Å². The van der Waals surface area contributed by atoms with Crippen LogP contribution in [0.3, 0.4) is 0 Å². The lowest BCUT2D eigenvalue weighted by Crippen LogP contribution is -2.43.